The number of esters is 2. The van der Waals surface area contributed by atoms with Crippen molar-refractivity contribution in [3.8, 4) is 0 Å². The quantitative estimate of drug-likeness (QED) is 0.119. The number of hydrogen-bond donors (Lipinski definition) is 4. The van der Waals surface area contributed by atoms with Crippen LogP contribution in [-0.4, -0.2) is 70.0 Å². The van der Waals surface area contributed by atoms with Crippen LogP contribution in [0.2, 0.25) is 0 Å². The molecule has 0 aromatic carbocycles. The van der Waals surface area contributed by atoms with Gasteiger partial charge in [0.25, 0.3) is 0 Å². The highest BCUT2D eigenvalue weighted by atomic mass is 16.5. The van der Waals surface area contributed by atoms with E-state index in [4.69, 9.17) is 9.47 Å². The summed E-state index contributed by atoms with van der Waals surface area (Å²) >= 11 is 0. The number of aliphatic hydroxyl groups excluding tert-OH is 4. The lowest BCUT2D eigenvalue weighted by Crippen LogP contribution is -2.62. The van der Waals surface area contributed by atoms with Gasteiger partial charge in [-0.3, -0.25) is 4.79 Å². The van der Waals surface area contributed by atoms with Gasteiger partial charge in [-0.25, -0.2) is 4.79 Å². The predicted octanol–water partition coefficient (Wildman–Crippen LogP) is 11.0. The highest BCUT2D eigenvalue weighted by Gasteiger charge is 2.66. The molecular formula is C56H94O8. The Labute approximate surface area is 389 Å². The van der Waals surface area contributed by atoms with Gasteiger partial charge in [0, 0.05) is 12.5 Å². The van der Waals surface area contributed by atoms with E-state index >= 15 is 0 Å². The molecule has 22 atom stereocenters. The highest BCUT2D eigenvalue weighted by Crippen LogP contribution is 2.71. The van der Waals surface area contributed by atoms with Crippen molar-refractivity contribution < 1.29 is 39.5 Å². The minimum Gasteiger partial charge on any atom is -0.466 e. The van der Waals surface area contributed by atoms with Gasteiger partial charge in [0.05, 0.1) is 37.6 Å². The zero-order valence-corrected chi connectivity index (χ0v) is 42.1. The molecule has 8 heteroatoms. The first-order valence-electron chi connectivity index (χ1n) is 27.1. The summed E-state index contributed by atoms with van der Waals surface area (Å²) in [6.07, 6.45) is 21.8. The van der Waals surface area contributed by atoms with Crippen LogP contribution in [0.1, 0.15) is 185 Å². The molecule has 8 nitrogen and oxygen atoms in total. The van der Waals surface area contributed by atoms with E-state index in [1.54, 1.807) is 6.08 Å². The van der Waals surface area contributed by atoms with E-state index in [0.717, 1.165) is 57.8 Å². The molecule has 64 heavy (non-hydrogen) atoms. The number of rotatable bonds is 11. The summed E-state index contributed by atoms with van der Waals surface area (Å²) in [5, 5.41) is 44.5. The zero-order chi connectivity index (χ0) is 46.5. The predicted molar refractivity (Wildman–Crippen MR) is 254 cm³/mol. The monoisotopic (exact) mass is 895 g/mol. The third-order valence-electron chi connectivity index (χ3n) is 22.2. The summed E-state index contributed by atoms with van der Waals surface area (Å²) in [5.74, 6) is 6.33. The summed E-state index contributed by atoms with van der Waals surface area (Å²) in [6.45, 7) is 23.7. The number of allylic oxidation sites excluding steroid dienone is 1. The molecule has 8 aliphatic carbocycles. The molecule has 8 fully saturated rings. The van der Waals surface area contributed by atoms with Crippen LogP contribution >= 0.6 is 0 Å². The number of carbonyl (C=O) groups excluding carboxylic acids is 2. The van der Waals surface area contributed by atoms with Crippen molar-refractivity contribution in [2.75, 3.05) is 13.2 Å². The Kier molecular flexibility index (Phi) is 15.6. The maximum atomic E-state index is 11.9. The van der Waals surface area contributed by atoms with E-state index in [-0.39, 0.29) is 58.0 Å². The number of aliphatic hydroxyl groups is 4. The first-order chi connectivity index (χ1) is 30.3. The van der Waals surface area contributed by atoms with Gasteiger partial charge in [0.2, 0.25) is 0 Å². The zero-order valence-electron chi connectivity index (χ0n) is 42.1. The molecule has 4 N–H and O–H groups in total. The van der Waals surface area contributed by atoms with Gasteiger partial charge in [-0.1, -0.05) is 74.3 Å². The lowest BCUT2D eigenvalue weighted by Gasteiger charge is -2.64. The number of fused-ring (bicyclic) bond motifs is 10. The Balaban J connectivity index is 0.000000191. The Bertz CT molecular complexity index is 1630. The first kappa shape index (κ1) is 50.4. The molecule has 8 saturated carbocycles. The van der Waals surface area contributed by atoms with Gasteiger partial charge in [0.15, 0.2) is 0 Å². The normalized spacial score (nSPS) is 49.1. The summed E-state index contributed by atoms with van der Waals surface area (Å²) in [7, 11) is 0. The fourth-order valence-corrected chi connectivity index (χ4v) is 19.1. The second-order valence-electron chi connectivity index (χ2n) is 24.5. The topological polar surface area (TPSA) is 134 Å². The third-order valence-corrected chi connectivity index (χ3v) is 22.2. The van der Waals surface area contributed by atoms with Crippen molar-refractivity contribution in [2.24, 2.45) is 105 Å². The first-order valence-corrected chi connectivity index (χ1v) is 27.1. The maximum Gasteiger partial charge on any atom is 0.330 e. The van der Waals surface area contributed by atoms with E-state index in [1.807, 2.05) is 13.8 Å². The number of carbonyl (C=O) groups is 2. The van der Waals surface area contributed by atoms with E-state index in [2.05, 4.69) is 61.5 Å². The Morgan fingerprint density at radius 1 is 0.578 bits per heavy atom. The fourth-order valence-electron chi connectivity index (χ4n) is 19.1. The molecule has 0 aromatic rings. The summed E-state index contributed by atoms with van der Waals surface area (Å²) in [6, 6.07) is 0. The second-order valence-corrected chi connectivity index (χ2v) is 24.5. The molecule has 8 rings (SSSR count). The van der Waals surface area contributed by atoms with Crippen LogP contribution in [0.5, 0.6) is 0 Å². The van der Waals surface area contributed by atoms with Crippen molar-refractivity contribution in [1.82, 2.24) is 0 Å². The van der Waals surface area contributed by atoms with Crippen molar-refractivity contribution in [1.29, 1.82) is 0 Å². The Morgan fingerprint density at radius 3 is 1.48 bits per heavy atom. The minimum absolute atomic E-state index is 0.0605. The molecule has 8 aliphatic rings. The lowest BCUT2D eigenvalue weighted by molar-refractivity contribution is -0.203. The number of ether oxygens (including phenoxy) is 2. The van der Waals surface area contributed by atoms with Crippen LogP contribution in [-0.2, 0) is 19.1 Å². The molecule has 0 bridgehead atoms. The summed E-state index contributed by atoms with van der Waals surface area (Å²) < 4.78 is 10.3. The van der Waals surface area contributed by atoms with Crippen molar-refractivity contribution in [2.45, 2.75) is 209 Å². The summed E-state index contributed by atoms with van der Waals surface area (Å²) in [5.41, 5.74) is 1.000. The van der Waals surface area contributed by atoms with Crippen LogP contribution in [0.3, 0.4) is 0 Å². The molecular weight excluding hydrogens is 801 g/mol. The van der Waals surface area contributed by atoms with Crippen LogP contribution in [0.25, 0.3) is 0 Å². The van der Waals surface area contributed by atoms with Crippen molar-refractivity contribution in [3.63, 3.8) is 0 Å². The van der Waals surface area contributed by atoms with Crippen LogP contribution in [0.4, 0.5) is 0 Å². The molecule has 0 heterocycles. The Morgan fingerprint density at radius 2 is 1.02 bits per heavy atom. The molecule has 0 aliphatic heterocycles. The van der Waals surface area contributed by atoms with Crippen molar-refractivity contribution >= 4 is 11.9 Å². The fraction of sp³-hybridized carbons (Fsp3) is 0.929. The third kappa shape index (κ3) is 8.75. The van der Waals surface area contributed by atoms with Gasteiger partial charge in [-0.2, -0.15) is 0 Å². The average molecular weight is 895 g/mol. The van der Waals surface area contributed by atoms with Crippen molar-refractivity contribution in [3.05, 3.63) is 12.2 Å². The average Bonchev–Trinajstić information content (AvgIpc) is 3.81. The van der Waals surface area contributed by atoms with Gasteiger partial charge in [-0.15, -0.1) is 0 Å². The van der Waals surface area contributed by atoms with Gasteiger partial charge < -0.3 is 29.9 Å². The van der Waals surface area contributed by atoms with E-state index in [9.17, 15) is 30.0 Å². The Hall–Kier alpha value is -1.48. The standard InChI is InChI=1S/C28H48O4.C28H46O4/c2*1-6-19-23-16-18(29)12-14-28(23,5)22-13-15-27(4)20(9-10-21(27)25(22)26(19)31)17(3)8-11-24(30)32-7-2/h17-23,25-26,29,31H,6-16H2,1-5H3;8,11,17-23,25-26,29,31H,6-7,9-10,12-16H2,1-5H3/b;11-8+/t2*17-,18-,19-,20-,21?,22?,23+,25?,26-,27-,28-/m11/s1. The van der Waals surface area contributed by atoms with E-state index in [1.165, 1.54) is 51.4 Å². The van der Waals surface area contributed by atoms with Gasteiger partial charge >= 0.3 is 11.9 Å². The summed E-state index contributed by atoms with van der Waals surface area (Å²) in [4.78, 5) is 23.8. The van der Waals surface area contributed by atoms with Gasteiger partial charge in [-0.05, 0) is 215 Å². The largest absolute Gasteiger partial charge is 0.466 e. The smallest absolute Gasteiger partial charge is 0.330 e. The van der Waals surface area contributed by atoms with Crippen LogP contribution in [0.15, 0.2) is 12.2 Å². The number of hydrogen-bond acceptors (Lipinski definition) is 8. The maximum absolute atomic E-state index is 11.9. The SMILES string of the molecule is CCOC(=O)/C=C/[C@@H](C)[C@H]1CCC2C3C(CC[C@@]21C)[C@@]1(C)CC[C@@H](O)C[C@H]1[C@@H](CC)[C@H]3O.CCOC(=O)CC[C@@H](C)[C@H]1CCC2C3C(CC[C@@]21C)[C@@]1(C)CC[C@@H](O)C[C@H]1[C@@H](CC)[C@H]3O. The molecule has 366 valence electrons. The van der Waals surface area contributed by atoms with Crippen LogP contribution in [0, 0.1) is 105 Å². The lowest BCUT2D eigenvalue weighted by atomic mass is 9.41. The molecule has 0 aromatic heterocycles. The van der Waals surface area contributed by atoms with Gasteiger partial charge in [0.1, 0.15) is 0 Å². The second kappa shape index (κ2) is 19.9. The molecule has 0 spiro atoms. The molecule has 6 unspecified atom stereocenters. The molecule has 0 saturated heterocycles. The minimum atomic E-state index is -0.248. The van der Waals surface area contributed by atoms with Crippen LogP contribution < -0.4 is 0 Å². The van der Waals surface area contributed by atoms with E-state index in [0.29, 0.717) is 102 Å². The molecule has 0 amide bonds. The molecule has 0 radical (unpaired) electrons. The highest BCUT2D eigenvalue weighted by molar-refractivity contribution is 5.81. The van der Waals surface area contributed by atoms with E-state index < -0.39 is 0 Å².